The number of ether oxygens (including phenoxy) is 1. The molecule has 1 saturated carbocycles. The summed E-state index contributed by atoms with van der Waals surface area (Å²) in [5, 5.41) is 0. The summed E-state index contributed by atoms with van der Waals surface area (Å²) >= 11 is 0. The summed E-state index contributed by atoms with van der Waals surface area (Å²) < 4.78 is 5.02. The van der Waals surface area contributed by atoms with Crippen LogP contribution in [0.2, 0.25) is 0 Å². The average molecular weight is 329 g/mol. The molecule has 5 heteroatoms. The van der Waals surface area contributed by atoms with Crippen LogP contribution in [-0.2, 0) is 25.5 Å². The predicted molar refractivity (Wildman–Crippen MR) is 87.9 cm³/mol. The van der Waals surface area contributed by atoms with Gasteiger partial charge in [-0.1, -0.05) is 43.2 Å². The Morgan fingerprint density at radius 3 is 2.58 bits per heavy atom. The second-order valence-electron chi connectivity index (χ2n) is 6.71. The molecule has 0 N–H and O–H groups in total. The molecule has 24 heavy (non-hydrogen) atoms. The average Bonchev–Trinajstić information content (AvgIpc) is 2.82. The van der Waals surface area contributed by atoms with Crippen molar-refractivity contribution in [2.24, 2.45) is 5.92 Å². The number of hydrogen-bond donors (Lipinski definition) is 0. The molecule has 0 radical (unpaired) electrons. The first-order valence-electron chi connectivity index (χ1n) is 8.63. The van der Waals surface area contributed by atoms with Crippen molar-refractivity contribution >= 4 is 17.8 Å². The van der Waals surface area contributed by atoms with E-state index in [1.165, 1.54) is 17.4 Å². The SMILES string of the molecule is CC(=O)OC1CC(=O)N([C@@H]2CCCC[C@@H]2Cc2ccccc2)C1=O. The summed E-state index contributed by atoms with van der Waals surface area (Å²) in [5.41, 5.74) is 1.23. The van der Waals surface area contributed by atoms with Gasteiger partial charge in [0.15, 0.2) is 6.10 Å². The van der Waals surface area contributed by atoms with Crippen LogP contribution in [0, 0.1) is 5.92 Å². The zero-order valence-electron chi connectivity index (χ0n) is 13.9. The normalized spacial score (nSPS) is 27.4. The third-order valence-electron chi connectivity index (χ3n) is 4.99. The van der Waals surface area contributed by atoms with Crippen LogP contribution in [0.1, 0.15) is 44.6 Å². The minimum Gasteiger partial charge on any atom is -0.452 e. The maximum Gasteiger partial charge on any atom is 0.303 e. The van der Waals surface area contributed by atoms with Gasteiger partial charge in [-0.3, -0.25) is 19.3 Å². The van der Waals surface area contributed by atoms with Crippen LogP contribution in [-0.4, -0.2) is 34.8 Å². The molecule has 3 rings (SSSR count). The first-order chi connectivity index (χ1) is 11.6. The van der Waals surface area contributed by atoms with Crippen molar-refractivity contribution in [2.45, 2.75) is 57.6 Å². The molecule has 2 amide bonds. The second kappa shape index (κ2) is 7.16. The highest BCUT2D eigenvalue weighted by Gasteiger charge is 2.46. The van der Waals surface area contributed by atoms with Gasteiger partial charge in [0, 0.05) is 13.0 Å². The van der Waals surface area contributed by atoms with Crippen molar-refractivity contribution in [1.82, 2.24) is 4.90 Å². The van der Waals surface area contributed by atoms with Gasteiger partial charge in [0.05, 0.1) is 6.42 Å². The number of amides is 2. The highest BCUT2D eigenvalue weighted by atomic mass is 16.5. The molecule has 128 valence electrons. The smallest absolute Gasteiger partial charge is 0.303 e. The van der Waals surface area contributed by atoms with Gasteiger partial charge in [0.2, 0.25) is 5.91 Å². The molecule has 0 spiro atoms. The number of carbonyl (C=O) groups is 3. The van der Waals surface area contributed by atoms with Gasteiger partial charge in [-0.15, -0.1) is 0 Å². The molecule has 0 aromatic heterocycles. The zero-order chi connectivity index (χ0) is 17.1. The topological polar surface area (TPSA) is 63.7 Å². The van der Waals surface area contributed by atoms with Crippen LogP contribution in [0.15, 0.2) is 30.3 Å². The van der Waals surface area contributed by atoms with Gasteiger partial charge in [-0.05, 0) is 30.7 Å². The van der Waals surface area contributed by atoms with E-state index in [0.717, 1.165) is 32.1 Å². The standard InChI is InChI=1S/C19H23NO4/c1-13(21)24-17-12-18(22)20(19(17)23)16-10-6-5-9-15(16)11-14-7-3-2-4-8-14/h2-4,7-8,15-17H,5-6,9-12H2,1H3/t15-,16-,17?/m1/s1. The largest absolute Gasteiger partial charge is 0.452 e. The Balaban J connectivity index is 1.76. The number of nitrogens with zero attached hydrogens (tertiary/aromatic N) is 1. The van der Waals surface area contributed by atoms with Crippen molar-refractivity contribution in [1.29, 1.82) is 0 Å². The quantitative estimate of drug-likeness (QED) is 0.629. The van der Waals surface area contributed by atoms with E-state index in [-0.39, 0.29) is 30.2 Å². The van der Waals surface area contributed by atoms with Crippen LogP contribution in [0.25, 0.3) is 0 Å². The maximum atomic E-state index is 12.6. The molecule has 1 heterocycles. The van der Waals surface area contributed by atoms with Crippen LogP contribution in [0.3, 0.4) is 0 Å². The Hall–Kier alpha value is -2.17. The van der Waals surface area contributed by atoms with Crippen LogP contribution >= 0.6 is 0 Å². The number of carbonyl (C=O) groups excluding carboxylic acids is 3. The Labute approximate surface area is 142 Å². The molecule has 5 nitrogen and oxygen atoms in total. The van der Waals surface area contributed by atoms with Gasteiger partial charge in [0.25, 0.3) is 5.91 Å². The van der Waals surface area contributed by atoms with Gasteiger partial charge < -0.3 is 4.74 Å². The molecule has 3 atom stereocenters. The van der Waals surface area contributed by atoms with Gasteiger partial charge in [-0.25, -0.2) is 0 Å². The first kappa shape index (κ1) is 16.7. The van der Waals surface area contributed by atoms with E-state index in [2.05, 4.69) is 12.1 Å². The molecule has 0 bridgehead atoms. The van der Waals surface area contributed by atoms with Gasteiger partial charge in [0.1, 0.15) is 0 Å². The molecular weight excluding hydrogens is 306 g/mol. The summed E-state index contributed by atoms with van der Waals surface area (Å²) in [6.07, 6.45) is 3.89. The van der Waals surface area contributed by atoms with E-state index in [1.54, 1.807) is 0 Å². The summed E-state index contributed by atoms with van der Waals surface area (Å²) in [5.74, 6) is -0.811. The van der Waals surface area contributed by atoms with Crippen LogP contribution in [0.5, 0.6) is 0 Å². The Kier molecular flexibility index (Phi) is 4.97. The number of hydrogen-bond acceptors (Lipinski definition) is 4. The summed E-state index contributed by atoms with van der Waals surface area (Å²) in [7, 11) is 0. The van der Waals surface area contributed by atoms with E-state index in [1.807, 2.05) is 18.2 Å². The molecule has 1 aliphatic heterocycles. The fraction of sp³-hybridized carbons (Fsp3) is 0.526. The number of benzene rings is 1. The first-order valence-corrected chi connectivity index (χ1v) is 8.63. The number of rotatable bonds is 4. The Morgan fingerprint density at radius 2 is 1.88 bits per heavy atom. The number of imide groups is 1. The van der Waals surface area contributed by atoms with Crippen molar-refractivity contribution in [3.8, 4) is 0 Å². The van der Waals surface area contributed by atoms with Crippen LogP contribution < -0.4 is 0 Å². The molecule has 2 aliphatic rings. The minimum absolute atomic E-state index is 0.0209. The van der Waals surface area contributed by atoms with Gasteiger partial charge >= 0.3 is 5.97 Å². The number of likely N-dealkylation sites (tertiary alicyclic amines) is 1. The highest BCUT2D eigenvalue weighted by molar-refractivity contribution is 6.06. The maximum absolute atomic E-state index is 12.6. The fourth-order valence-corrected chi connectivity index (χ4v) is 3.95. The van der Waals surface area contributed by atoms with E-state index < -0.39 is 12.1 Å². The third-order valence-corrected chi connectivity index (χ3v) is 4.99. The summed E-state index contributed by atoms with van der Waals surface area (Å²) in [6.45, 7) is 1.26. The monoisotopic (exact) mass is 329 g/mol. The molecular formula is C19H23NO4. The van der Waals surface area contributed by atoms with E-state index in [9.17, 15) is 14.4 Å². The van der Waals surface area contributed by atoms with Crippen LogP contribution in [0.4, 0.5) is 0 Å². The Bertz CT molecular complexity index is 628. The lowest BCUT2D eigenvalue weighted by molar-refractivity contribution is -0.156. The van der Waals surface area contributed by atoms with E-state index in [4.69, 9.17) is 4.74 Å². The van der Waals surface area contributed by atoms with Gasteiger partial charge in [-0.2, -0.15) is 0 Å². The van der Waals surface area contributed by atoms with Crippen molar-refractivity contribution in [2.75, 3.05) is 0 Å². The summed E-state index contributed by atoms with van der Waals surface area (Å²) in [4.78, 5) is 37.5. The van der Waals surface area contributed by atoms with Crippen molar-refractivity contribution in [3.05, 3.63) is 35.9 Å². The molecule has 1 aromatic rings. The highest BCUT2D eigenvalue weighted by Crippen LogP contribution is 2.34. The lowest BCUT2D eigenvalue weighted by atomic mass is 9.80. The lowest BCUT2D eigenvalue weighted by Gasteiger charge is -2.37. The molecule has 2 fully saturated rings. The fourth-order valence-electron chi connectivity index (χ4n) is 3.95. The minimum atomic E-state index is -0.936. The molecule has 1 saturated heterocycles. The summed E-state index contributed by atoms with van der Waals surface area (Å²) in [6, 6.07) is 10.1. The van der Waals surface area contributed by atoms with E-state index in [0.29, 0.717) is 0 Å². The Morgan fingerprint density at radius 1 is 1.17 bits per heavy atom. The molecule has 1 unspecified atom stereocenters. The zero-order valence-corrected chi connectivity index (χ0v) is 13.9. The van der Waals surface area contributed by atoms with E-state index >= 15 is 0 Å². The second-order valence-corrected chi connectivity index (χ2v) is 6.71. The predicted octanol–water partition coefficient (Wildman–Crippen LogP) is 2.48. The lowest BCUT2D eigenvalue weighted by Crippen LogP contribution is -2.47. The molecule has 1 aromatic carbocycles. The molecule has 1 aliphatic carbocycles. The number of esters is 1. The third kappa shape index (κ3) is 3.50. The van der Waals surface area contributed by atoms with Crippen molar-refractivity contribution in [3.63, 3.8) is 0 Å². The van der Waals surface area contributed by atoms with Crippen molar-refractivity contribution < 1.29 is 19.1 Å².